The van der Waals surface area contributed by atoms with E-state index in [4.69, 9.17) is 10.00 Å². The Morgan fingerprint density at radius 3 is 2.30 bits per heavy atom. The lowest BCUT2D eigenvalue weighted by molar-refractivity contribution is -0.123. The van der Waals surface area contributed by atoms with Crippen LogP contribution in [0.5, 0.6) is 5.75 Å². The zero-order chi connectivity index (χ0) is 23.8. The molecule has 0 aliphatic carbocycles. The first-order valence-electron chi connectivity index (χ1n) is 10.6. The number of piperidine rings is 1. The molecule has 0 atom stereocenters. The molecule has 9 nitrogen and oxygen atoms in total. The van der Waals surface area contributed by atoms with Crippen LogP contribution in [-0.4, -0.2) is 50.8 Å². The third-order valence-corrected chi connectivity index (χ3v) is 7.22. The van der Waals surface area contributed by atoms with Crippen LogP contribution in [-0.2, 0) is 19.6 Å². The SMILES string of the molecule is CCNC(=O)COc1ccc(NC(=O)C2CCN(S(=O)(=O)c3ccc(C#N)cc3)CC2)cc1. The average Bonchev–Trinajstić information content (AvgIpc) is 2.84. The molecule has 1 saturated heterocycles. The standard InChI is InChI=1S/C23H26N4O5S/c1-2-25-22(28)16-32-20-7-5-19(6-8-20)26-23(29)18-11-13-27(14-12-18)33(30,31)21-9-3-17(15-24)4-10-21/h3-10,18H,2,11-14,16H2,1H3,(H,25,28)(H,26,29). The van der Waals surface area contributed by atoms with E-state index < -0.39 is 10.0 Å². The van der Waals surface area contributed by atoms with Crippen molar-refractivity contribution in [2.75, 3.05) is 31.6 Å². The van der Waals surface area contributed by atoms with Gasteiger partial charge in [0.1, 0.15) is 5.75 Å². The summed E-state index contributed by atoms with van der Waals surface area (Å²) >= 11 is 0. The molecule has 0 bridgehead atoms. The highest BCUT2D eigenvalue weighted by molar-refractivity contribution is 7.89. The van der Waals surface area contributed by atoms with Crippen LogP contribution in [0.2, 0.25) is 0 Å². The second-order valence-corrected chi connectivity index (χ2v) is 9.51. The molecular formula is C23H26N4O5S. The zero-order valence-corrected chi connectivity index (χ0v) is 19.1. The molecule has 1 heterocycles. The van der Waals surface area contributed by atoms with Gasteiger partial charge in [-0.15, -0.1) is 0 Å². The minimum Gasteiger partial charge on any atom is -0.484 e. The Hall–Kier alpha value is -3.42. The van der Waals surface area contributed by atoms with E-state index in [-0.39, 0.29) is 42.3 Å². The Bertz CT molecular complexity index is 1120. The van der Waals surface area contributed by atoms with Crippen LogP contribution in [0.15, 0.2) is 53.4 Å². The van der Waals surface area contributed by atoms with Crippen LogP contribution >= 0.6 is 0 Å². The predicted molar refractivity (Wildman–Crippen MR) is 122 cm³/mol. The fourth-order valence-corrected chi connectivity index (χ4v) is 4.95. The molecule has 0 saturated carbocycles. The number of amides is 2. The lowest BCUT2D eigenvalue weighted by Gasteiger charge is -2.30. The Morgan fingerprint density at radius 1 is 1.09 bits per heavy atom. The van der Waals surface area contributed by atoms with E-state index >= 15 is 0 Å². The van der Waals surface area contributed by atoms with Gasteiger partial charge in [-0.3, -0.25) is 9.59 Å². The minimum atomic E-state index is -3.67. The summed E-state index contributed by atoms with van der Waals surface area (Å²) in [6.45, 7) is 2.77. The first-order valence-corrected chi connectivity index (χ1v) is 12.1. The van der Waals surface area contributed by atoms with Crippen LogP contribution in [0.1, 0.15) is 25.3 Å². The number of anilines is 1. The summed E-state index contributed by atoms with van der Waals surface area (Å²) in [5.74, 6) is -0.157. The van der Waals surface area contributed by atoms with Gasteiger partial charge < -0.3 is 15.4 Å². The monoisotopic (exact) mass is 470 g/mol. The first kappa shape index (κ1) is 24.2. The summed E-state index contributed by atoms with van der Waals surface area (Å²) in [5, 5.41) is 14.4. The van der Waals surface area contributed by atoms with E-state index in [0.717, 1.165) is 0 Å². The minimum absolute atomic E-state index is 0.0799. The number of nitrogens with zero attached hydrogens (tertiary/aromatic N) is 2. The van der Waals surface area contributed by atoms with Crippen LogP contribution in [0.4, 0.5) is 5.69 Å². The van der Waals surface area contributed by atoms with Gasteiger partial charge in [0.15, 0.2) is 6.61 Å². The molecule has 1 aliphatic rings. The van der Waals surface area contributed by atoms with E-state index in [9.17, 15) is 18.0 Å². The molecule has 0 radical (unpaired) electrons. The molecule has 0 aromatic heterocycles. The second kappa shape index (κ2) is 10.9. The number of rotatable bonds is 8. The molecule has 33 heavy (non-hydrogen) atoms. The number of hydrogen-bond acceptors (Lipinski definition) is 6. The van der Waals surface area contributed by atoms with Gasteiger partial charge >= 0.3 is 0 Å². The Morgan fingerprint density at radius 2 is 1.73 bits per heavy atom. The molecule has 0 spiro atoms. The van der Waals surface area contributed by atoms with Gasteiger partial charge in [0.05, 0.1) is 16.5 Å². The molecule has 0 unspecified atom stereocenters. The number of ether oxygens (including phenoxy) is 1. The normalized spacial score (nSPS) is 14.8. The van der Waals surface area contributed by atoms with Crippen molar-refractivity contribution in [3.63, 3.8) is 0 Å². The molecule has 10 heteroatoms. The zero-order valence-electron chi connectivity index (χ0n) is 18.3. The van der Waals surface area contributed by atoms with Gasteiger partial charge in [-0.1, -0.05) is 0 Å². The molecule has 3 rings (SSSR count). The molecule has 2 aromatic rings. The number of nitriles is 1. The largest absolute Gasteiger partial charge is 0.484 e. The summed E-state index contributed by atoms with van der Waals surface area (Å²) in [6.07, 6.45) is 0.824. The Balaban J connectivity index is 1.51. The second-order valence-electron chi connectivity index (χ2n) is 7.57. The van der Waals surface area contributed by atoms with Gasteiger partial charge in [0.25, 0.3) is 5.91 Å². The van der Waals surface area contributed by atoms with E-state index in [1.54, 1.807) is 24.3 Å². The lowest BCUT2D eigenvalue weighted by Crippen LogP contribution is -2.41. The maximum absolute atomic E-state index is 12.8. The molecule has 1 fully saturated rings. The van der Waals surface area contributed by atoms with E-state index in [2.05, 4.69) is 10.6 Å². The summed E-state index contributed by atoms with van der Waals surface area (Å²) in [6, 6.07) is 14.5. The number of nitrogens with one attached hydrogen (secondary N) is 2. The van der Waals surface area contributed by atoms with Crippen molar-refractivity contribution in [1.29, 1.82) is 5.26 Å². The summed E-state index contributed by atoms with van der Waals surface area (Å²) in [4.78, 5) is 24.2. The van der Waals surface area contributed by atoms with Crippen LogP contribution in [0.3, 0.4) is 0 Å². The van der Waals surface area contributed by atoms with Crippen molar-refractivity contribution < 1.29 is 22.7 Å². The third kappa shape index (κ3) is 6.31. The fraction of sp³-hybridized carbons (Fsp3) is 0.348. The van der Waals surface area contributed by atoms with Crippen molar-refractivity contribution in [3.05, 3.63) is 54.1 Å². The van der Waals surface area contributed by atoms with Crippen molar-refractivity contribution in [2.45, 2.75) is 24.7 Å². The van der Waals surface area contributed by atoms with Crippen molar-refractivity contribution in [1.82, 2.24) is 9.62 Å². The highest BCUT2D eigenvalue weighted by Gasteiger charge is 2.32. The quantitative estimate of drug-likeness (QED) is 0.608. The van der Waals surface area contributed by atoms with E-state index in [1.807, 2.05) is 13.0 Å². The van der Waals surface area contributed by atoms with Crippen molar-refractivity contribution >= 4 is 27.5 Å². The summed E-state index contributed by atoms with van der Waals surface area (Å²) in [7, 11) is -3.67. The number of carbonyl (C=O) groups excluding carboxylic acids is 2. The molecule has 2 aromatic carbocycles. The fourth-order valence-electron chi connectivity index (χ4n) is 3.48. The number of hydrogen-bond donors (Lipinski definition) is 2. The van der Waals surface area contributed by atoms with E-state index in [0.29, 0.717) is 36.4 Å². The lowest BCUT2D eigenvalue weighted by atomic mass is 9.97. The molecule has 2 amide bonds. The van der Waals surface area contributed by atoms with E-state index in [1.165, 1.54) is 28.6 Å². The first-order chi connectivity index (χ1) is 15.8. The summed E-state index contributed by atoms with van der Waals surface area (Å²) < 4.78 is 32.4. The van der Waals surface area contributed by atoms with Gasteiger partial charge in [-0.25, -0.2) is 8.42 Å². The predicted octanol–water partition coefficient (Wildman–Crippen LogP) is 2.11. The highest BCUT2D eigenvalue weighted by Crippen LogP contribution is 2.25. The van der Waals surface area contributed by atoms with Gasteiger partial charge in [0.2, 0.25) is 15.9 Å². The average molecular weight is 471 g/mol. The van der Waals surface area contributed by atoms with Gasteiger partial charge in [-0.05, 0) is 68.3 Å². The highest BCUT2D eigenvalue weighted by atomic mass is 32.2. The number of likely N-dealkylation sites (N-methyl/N-ethyl adjacent to an activating group) is 1. The maximum atomic E-state index is 12.8. The number of carbonyl (C=O) groups is 2. The Labute approximate surface area is 193 Å². The molecule has 174 valence electrons. The van der Waals surface area contributed by atoms with Crippen molar-refractivity contribution in [3.8, 4) is 11.8 Å². The van der Waals surface area contributed by atoms with Crippen LogP contribution in [0, 0.1) is 17.2 Å². The smallest absolute Gasteiger partial charge is 0.257 e. The number of benzene rings is 2. The molecule has 2 N–H and O–H groups in total. The third-order valence-electron chi connectivity index (χ3n) is 5.31. The molecule has 1 aliphatic heterocycles. The maximum Gasteiger partial charge on any atom is 0.257 e. The van der Waals surface area contributed by atoms with Gasteiger partial charge in [0, 0.05) is 31.2 Å². The Kier molecular flexibility index (Phi) is 8.03. The van der Waals surface area contributed by atoms with Gasteiger partial charge in [-0.2, -0.15) is 9.57 Å². The molecular weight excluding hydrogens is 444 g/mol. The van der Waals surface area contributed by atoms with Crippen LogP contribution < -0.4 is 15.4 Å². The summed E-state index contributed by atoms with van der Waals surface area (Å²) in [5.41, 5.74) is 0.990. The van der Waals surface area contributed by atoms with Crippen LogP contribution in [0.25, 0.3) is 0 Å². The topological polar surface area (TPSA) is 129 Å². The van der Waals surface area contributed by atoms with Crippen molar-refractivity contribution in [2.24, 2.45) is 5.92 Å². The number of sulfonamides is 1.